The van der Waals surface area contributed by atoms with Crippen LogP contribution >= 0.6 is 0 Å². The van der Waals surface area contributed by atoms with Crippen molar-refractivity contribution in [3.8, 4) is 0 Å². The Bertz CT molecular complexity index is 635. The van der Waals surface area contributed by atoms with Crippen LogP contribution in [0.1, 0.15) is 43.4 Å². The molecule has 0 amide bonds. The Labute approximate surface area is 130 Å². The van der Waals surface area contributed by atoms with Crippen molar-refractivity contribution in [3.63, 3.8) is 0 Å². The fourth-order valence-corrected chi connectivity index (χ4v) is 2.17. The molecule has 0 heterocycles. The summed E-state index contributed by atoms with van der Waals surface area (Å²) in [4.78, 5) is 31.1. The maximum atomic E-state index is 13.2. The highest BCUT2D eigenvalue weighted by Crippen LogP contribution is 2.39. The molecule has 0 aliphatic rings. The van der Waals surface area contributed by atoms with Gasteiger partial charge in [-0.3, -0.25) is 20.2 Å². The molecule has 1 aromatic carbocycles. The summed E-state index contributed by atoms with van der Waals surface area (Å²) in [5.41, 5.74) is -1.43. The van der Waals surface area contributed by atoms with Crippen molar-refractivity contribution in [2.75, 3.05) is 6.67 Å². The van der Waals surface area contributed by atoms with Crippen LogP contribution in [0, 0.1) is 20.2 Å². The van der Waals surface area contributed by atoms with Gasteiger partial charge in [-0.1, -0.05) is 13.8 Å². The molecule has 0 spiro atoms. The van der Waals surface area contributed by atoms with Crippen molar-refractivity contribution >= 4 is 17.5 Å². The molecule has 0 saturated carbocycles. The summed E-state index contributed by atoms with van der Waals surface area (Å²) in [7, 11) is 0. The fraction of sp³-hybridized carbons (Fsp3) is 0.462. The van der Waals surface area contributed by atoms with E-state index >= 15 is 0 Å². The van der Waals surface area contributed by atoms with Crippen LogP contribution in [0.25, 0.3) is 0 Å². The molecule has 0 radical (unpaired) electrons. The van der Waals surface area contributed by atoms with Crippen molar-refractivity contribution in [1.82, 2.24) is 0 Å². The van der Waals surface area contributed by atoms with Crippen molar-refractivity contribution in [1.29, 1.82) is 0 Å². The van der Waals surface area contributed by atoms with Gasteiger partial charge in [0.05, 0.1) is 21.5 Å². The quantitative estimate of drug-likeness (QED) is 0.457. The van der Waals surface area contributed by atoms with Gasteiger partial charge in [0.15, 0.2) is 6.10 Å². The van der Waals surface area contributed by atoms with Gasteiger partial charge in [-0.2, -0.15) is 0 Å². The maximum Gasteiger partial charge on any atom is 0.506 e. The van der Waals surface area contributed by atoms with Crippen molar-refractivity contribution in [2.45, 2.75) is 32.3 Å². The molecule has 0 aliphatic heterocycles. The average Bonchev–Trinajstić information content (AvgIpc) is 2.50. The number of halogens is 1. The van der Waals surface area contributed by atoms with E-state index in [9.17, 15) is 29.4 Å². The molecular formula is C13H15FN2O7. The number of benzene rings is 1. The van der Waals surface area contributed by atoms with E-state index in [2.05, 4.69) is 4.74 Å². The van der Waals surface area contributed by atoms with Crippen LogP contribution in [0.3, 0.4) is 0 Å². The molecule has 2 unspecified atom stereocenters. The first-order chi connectivity index (χ1) is 10.7. The van der Waals surface area contributed by atoms with Crippen LogP contribution in [0.2, 0.25) is 0 Å². The fourth-order valence-electron chi connectivity index (χ4n) is 2.17. The Morgan fingerprint density at radius 2 is 1.96 bits per heavy atom. The van der Waals surface area contributed by atoms with Gasteiger partial charge in [-0.05, 0) is 17.9 Å². The number of non-ortho nitro benzene ring substituents is 1. The second-order valence-electron chi connectivity index (χ2n) is 4.82. The van der Waals surface area contributed by atoms with Gasteiger partial charge in [0.25, 0.3) is 11.4 Å². The maximum absolute atomic E-state index is 13.2. The Morgan fingerprint density at radius 1 is 1.35 bits per heavy atom. The highest BCUT2D eigenvalue weighted by molar-refractivity contribution is 5.60. The summed E-state index contributed by atoms with van der Waals surface area (Å²) in [5, 5.41) is 30.8. The zero-order chi connectivity index (χ0) is 17.7. The molecule has 0 aliphatic carbocycles. The van der Waals surface area contributed by atoms with E-state index in [0.717, 1.165) is 6.07 Å². The molecule has 1 aromatic rings. The summed E-state index contributed by atoms with van der Waals surface area (Å²) in [5.74, 6) is -0.393. The first-order valence-electron chi connectivity index (χ1n) is 6.65. The summed E-state index contributed by atoms with van der Waals surface area (Å²) >= 11 is 0. The van der Waals surface area contributed by atoms with Crippen molar-refractivity contribution in [3.05, 3.63) is 43.5 Å². The van der Waals surface area contributed by atoms with Gasteiger partial charge >= 0.3 is 6.16 Å². The zero-order valence-corrected chi connectivity index (χ0v) is 12.4. The number of nitro benzene ring substituents is 2. The number of ether oxygens (including phenoxy) is 1. The molecule has 10 heteroatoms. The SMILES string of the molecule is CCC(C)c1cc([N+](=O)[O-])cc([N+](=O)[O-])c1C(CF)OC(=O)O. The number of carbonyl (C=O) groups is 1. The molecule has 1 N–H and O–H groups in total. The van der Waals surface area contributed by atoms with Crippen LogP contribution < -0.4 is 0 Å². The Hall–Kier alpha value is -2.78. The first kappa shape index (κ1) is 18.3. The minimum Gasteiger partial charge on any atom is -0.450 e. The summed E-state index contributed by atoms with van der Waals surface area (Å²) < 4.78 is 17.6. The predicted octanol–water partition coefficient (Wildman–Crippen LogP) is 3.72. The lowest BCUT2D eigenvalue weighted by Gasteiger charge is -2.20. The highest BCUT2D eigenvalue weighted by Gasteiger charge is 2.33. The summed E-state index contributed by atoms with van der Waals surface area (Å²) in [6, 6.07) is 1.76. The zero-order valence-electron chi connectivity index (χ0n) is 12.4. The van der Waals surface area contributed by atoms with E-state index < -0.39 is 46.1 Å². The summed E-state index contributed by atoms with van der Waals surface area (Å²) in [6.45, 7) is 2.05. The van der Waals surface area contributed by atoms with Gasteiger partial charge < -0.3 is 9.84 Å². The van der Waals surface area contributed by atoms with Gasteiger partial charge in [0, 0.05) is 6.07 Å². The molecule has 1 rings (SSSR count). The first-order valence-corrected chi connectivity index (χ1v) is 6.65. The van der Waals surface area contributed by atoms with E-state index in [4.69, 9.17) is 5.11 Å². The largest absolute Gasteiger partial charge is 0.506 e. The molecule has 9 nitrogen and oxygen atoms in total. The lowest BCUT2D eigenvalue weighted by molar-refractivity contribution is -0.395. The van der Waals surface area contributed by atoms with Gasteiger partial charge in [0.1, 0.15) is 6.67 Å². The minimum atomic E-state index is -1.80. The standard InChI is InChI=1S/C13H15FN2O7/c1-3-7(2)9-4-8(15(19)20)5-10(16(21)22)12(9)11(6-14)23-13(17)18/h4-5,7,11H,3,6H2,1-2H3,(H,17,18). The lowest BCUT2D eigenvalue weighted by atomic mass is 9.89. The third-order valence-electron chi connectivity index (χ3n) is 3.43. The molecule has 126 valence electrons. The van der Waals surface area contributed by atoms with Crippen LogP contribution in [-0.4, -0.2) is 27.8 Å². The van der Waals surface area contributed by atoms with Crippen LogP contribution in [0.5, 0.6) is 0 Å². The molecule has 2 atom stereocenters. The minimum absolute atomic E-state index is 0.123. The lowest BCUT2D eigenvalue weighted by Crippen LogP contribution is -2.16. The van der Waals surface area contributed by atoms with Gasteiger partial charge in [-0.25, -0.2) is 9.18 Å². The smallest absolute Gasteiger partial charge is 0.450 e. The normalized spacial score (nSPS) is 13.2. The number of nitrogens with zero attached hydrogens (tertiary/aromatic N) is 2. The molecule has 23 heavy (non-hydrogen) atoms. The Morgan fingerprint density at radius 3 is 2.35 bits per heavy atom. The van der Waals surface area contributed by atoms with Crippen LogP contribution in [0.4, 0.5) is 20.6 Å². The summed E-state index contributed by atoms with van der Waals surface area (Å²) in [6.07, 6.45) is -3.06. The van der Waals surface area contributed by atoms with Gasteiger partial charge in [-0.15, -0.1) is 0 Å². The van der Waals surface area contributed by atoms with Crippen LogP contribution in [-0.2, 0) is 4.74 Å². The number of carboxylic acid groups (broad SMARTS) is 1. The number of rotatable bonds is 7. The number of alkyl halides is 1. The van der Waals surface area contributed by atoms with E-state index in [-0.39, 0.29) is 11.1 Å². The predicted molar refractivity (Wildman–Crippen MR) is 76.3 cm³/mol. The molecule has 0 fully saturated rings. The van der Waals surface area contributed by atoms with E-state index in [1.165, 1.54) is 0 Å². The van der Waals surface area contributed by atoms with E-state index in [1.807, 2.05) is 0 Å². The topological polar surface area (TPSA) is 133 Å². The molecule has 0 aromatic heterocycles. The third-order valence-corrected chi connectivity index (χ3v) is 3.43. The highest BCUT2D eigenvalue weighted by atomic mass is 19.1. The van der Waals surface area contributed by atoms with E-state index in [1.54, 1.807) is 13.8 Å². The monoisotopic (exact) mass is 330 g/mol. The van der Waals surface area contributed by atoms with Crippen molar-refractivity contribution < 1.29 is 28.9 Å². The number of nitro groups is 2. The Balaban J connectivity index is 3.70. The van der Waals surface area contributed by atoms with Crippen molar-refractivity contribution in [2.24, 2.45) is 0 Å². The second kappa shape index (κ2) is 7.47. The Kier molecular flexibility index (Phi) is 5.94. The molecule has 0 saturated heterocycles. The molecule has 0 bridgehead atoms. The second-order valence-corrected chi connectivity index (χ2v) is 4.82. The van der Waals surface area contributed by atoms with E-state index in [0.29, 0.717) is 12.5 Å². The number of hydrogen-bond acceptors (Lipinski definition) is 6. The van der Waals surface area contributed by atoms with Crippen LogP contribution in [0.15, 0.2) is 12.1 Å². The third kappa shape index (κ3) is 4.11. The molecular weight excluding hydrogens is 315 g/mol. The number of hydrogen-bond donors (Lipinski definition) is 1. The van der Waals surface area contributed by atoms with Gasteiger partial charge in [0.2, 0.25) is 0 Å². The average molecular weight is 330 g/mol.